The molecular weight excluding hydrogens is 540 g/mol. The van der Waals surface area contributed by atoms with Crippen molar-refractivity contribution in [3.05, 3.63) is 29.8 Å². The fourth-order valence-electron chi connectivity index (χ4n) is 11.7. The number of ether oxygens (including phenoxy) is 4. The molecule has 6 fully saturated rings. The van der Waals surface area contributed by atoms with E-state index in [-0.39, 0.29) is 41.7 Å². The van der Waals surface area contributed by atoms with Gasteiger partial charge in [-0.2, -0.15) is 0 Å². The van der Waals surface area contributed by atoms with Crippen molar-refractivity contribution in [1.29, 1.82) is 0 Å². The minimum Gasteiger partial charge on any atom is -0.454 e. The molecule has 1 heterocycles. The number of likely N-dealkylation sites (N-methyl/N-ethyl adjacent to an activating group) is 1. The summed E-state index contributed by atoms with van der Waals surface area (Å²) in [5, 5.41) is 27.5. The molecule has 5 aliphatic carbocycles. The number of carbonyl (C=O) groups excluding carboxylic acids is 2. The van der Waals surface area contributed by atoms with E-state index >= 15 is 0 Å². The zero-order valence-corrected chi connectivity index (χ0v) is 25.1. The number of aliphatic hydroxyl groups is 2. The Kier molecular flexibility index (Phi) is 6.63. The molecule has 13 atom stereocenters. The van der Waals surface area contributed by atoms with Gasteiger partial charge in [0.15, 0.2) is 0 Å². The molecule has 6 aliphatic rings. The van der Waals surface area contributed by atoms with Crippen molar-refractivity contribution in [3.63, 3.8) is 0 Å². The van der Waals surface area contributed by atoms with Gasteiger partial charge >= 0.3 is 5.97 Å². The van der Waals surface area contributed by atoms with Crippen LogP contribution in [0.3, 0.4) is 0 Å². The number of hydrogen-bond donors (Lipinski definition) is 3. The lowest BCUT2D eigenvalue weighted by molar-refractivity contribution is -0.309. The van der Waals surface area contributed by atoms with Crippen LogP contribution in [0.25, 0.3) is 0 Å². The van der Waals surface area contributed by atoms with E-state index in [0.717, 1.165) is 6.54 Å². The van der Waals surface area contributed by atoms with Gasteiger partial charge in [-0.3, -0.25) is 9.69 Å². The molecular formula is C32H44N2O8. The average molecular weight is 585 g/mol. The lowest BCUT2D eigenvalue weighted by Crippen LogP contribution is -2.80. The maximum absolute atomic E-state index is 14.0. The number of nitrogens with one attached hydrogen (secondary N) is 1. The van der Waals surface area contributed by atoms with Gasteiger partial charge in [-0.1, -0.05) is 19.1 Å². The minimum absolute atomic E-state index is 0.0523. The zero-order chi connectivity index (χ0) is 29.8. The first-order chi connectivity index (χ1) is 20.1. The quantitative estimate of drug-likeness (QED) is 0.413. The van der Waals surface area contributed by atoms with E-state index in [1.807, 2.05) is 0 Å². The van der Waals surface area contributed by atoms with E-state index in [1.165, 1.54) is 6.92 Å². The van der Waals surface area contributed by atoms with Crippen molar-refractivity contribution in [3.8, 4) is 0 Å². The van der Waals surface area contributed by atoms with Crippen molar-refractivity contribution < 1.29 is 38.7 Å². The summed E-state index contributed by atoms with van der Waals surface area (Å²) in [5.41, 5.74) is -1.80. The number of esters is 1. The van der Waals surface area contributed by atoms with Crippen LogP contribution in [0.2, 0.25) is 0 Å². The van der Waals surface area contributed by atoms with Gasteiger partial charge in [0.2, 0.25) is 5.91 Å². The summed E-state index contributed by atoms with van der Waals surface area (Å²) in [6, 6.07) is 7.02. The van der Waals surface area contributed by atoms with E-state index in [9.17, 15) is 19.8 Å². The topological polar surface area (TPSA) is 127 Å². The largest absolute Gasteiger partial charge is 0.454 e. The Morgan fingerprint density at radius 1 is 1.07 bits per heavy atom. The van der Waals surface area contributed by atoms with Crippen LogP contribution < -0.4 is 5.32 Å². The molecule has 0 aromatic heterocycles. The lowest BCUT2D eigenvalue weighted by Gasteiger charge is -2.69. The van der Waals surface area contributed by atoms with E-state index in [1.54, 1.807) is 45.6 Å². The molecule has 10 nitrogen and oxygen atoms in total. The highest BCUT2D eigenvalue weighted by molar-refractivity contribution is 6.00. The van der Waals surface area contributed by atoms with E-state index in [2.05, 4.69) is 17.1 Å². The van der Waals surface area contributed by atoms with Crippen LogP contribution in [0.4, 0.5) is 5.69 Å². The number of aliphatic hydroxyl groups excluding tert-OH is 1. The molecule has 7 rings (SSSR count). The number of piperidine rings is 1. The van der Waals surface area contributed by atoms with Crippen LogP contribution in [0.5, 0.6) is 0 Å². The number of rotatable bonds is 7. The number of likely N-dealkylation sites (tertiary alicyclic amines) is 1. The second kappa shape index (κ2) is 9.71. The SMILES string of the molecule is CCN1C[C@]2(OC(=O)c3ccccc3NC(C)=O)CC[C@H](OC)[C@]34C1[C@H](C[C@H]23)C1C(O)[C@H](OC)[C@H]2C[C@@H]4[C@]1(O)[C@H]2OC. The van der Waals surface area contributed by atoms with Gasteiger partial charge in [0.05, 0.1) is 35.7 Å². The molecule has 230 valence electrons. The molecule has 3 unspecified atom stereocenters. The Labute approximate surface area is 247 Å². The highest BCUT2D eigenvalue weighted by Gasteiger charge is 2.86. The summed E-state index contributed by atoms with van der Waals surface area (Å²) in [6.45, 7) is 4.88. The Morgan fingerprint density at radius 3 is 2.48 bits per heavy atom. The summed E-state index contributed by atoms with van der Waals surface area (Å²) in [6.07, 6.45) is 0.833. The number of methoxy groups -OCH3 is 3. The second-order valence-corrected chi connectivity index (χ2v) is 13.6. The van der Waals surface area contributed by atoms with E-state index in [0.29, 0.717) is 43.5 Å². The Hall–Kier alpha value is -2.08. The van der Waals surface area contributed by atoms with Crippen LogP contribution in [-0.2, 0) is 23.7 Å². The molecule has 1 aliphatic heterocycles. The predicted molar refractivity (Wildman–Crippen MR) is 152 cm³/mol. The maximum Gasteiger partial charge on any atom is 0.340 e. The highest BCUT2D eigenvalue weighted by Crippen LogP contribution is 2.78. The fraction of sp³-hybridized carbons (Fsp3) is 0.750. The normalized spacial score (nSPS) is 48.2. The summed E-state index contributed by atoms with van der Waals surface area (Å²) in [4.78, 5) is 28.4. The predicted octanol–water partition coefficient (Wildman–Crippen LogP) is 2.08. The Balaban J connectivity index is 1.37. The van der Waals surface area contributed by atoms with Crippen LogP contribution in [0, 0.1) is 35.0 Å². The van der Waals surface area contributed by atoms with Crippen LogP contribution >= 0.6 is 0 Å². The number of hydrogen-bond acceptors (Lipinski definition) is 9. The first-order valence-electron chi connectivity index (χ1n) is 15.5. The van der Waals surface area contributed by atoms with Crippen LogP contribution in [0.15, 0.2) is 24.3 Å². The molecule has 1 aromatic carbocycles. The molecule has 0 radical (unpaired) electrons. The molecule has 1 spiro atoms. The molecule has 3 N–H and O–H groups in total. The molecule has 7 bridgehead atoms. The van der Waals surface area contributed by atoms with Crippen molar-refractivity contribution in [2.45, 2.75) is 81.2 Å². The minimum atomic E-state index is -1.25. The number of nitrogens with zero attached hydrogens (tertiary/aromatic N) is 1. The first-order valence-corrected chi connectivity index (χ1v) is 15.5. The van der Waals surface area contributed by atoms with Gasteiger partial charge in [-0.05, 0) is 50.3 Å². The average Bonchev–Trinajstić information content (AvgIpc) is 3.35. The molecule has 42 heavy (non-hydrogen) atoms. The van der Waals surface area contributed by atoms with Gasteiger partial charge in [-0.15, -0.1) is 0 Å². The fourth-order valence-corrected chi connectivity index (χ4v) is 11.7. The van der Waals surface area contributed by atoms with Crippen LogP contribution in [0.1, 0.15) is 49.9 Å². The van der Waals surface area contributed by atoms with Gasteiger partial charge < -0.3 is 34.5 Å². The van der Waals surface area contributed by atoms with Crippen molar-refractivity contribution in [1.82, 2.24) is 4.90 Å². The van der Waals surface area contributed by atoms with Crippen molar-refractivity contribution in [2.75, 3.05) is 39.7 Å². The third-order valence-electron chi connectivity index (χ3n) is 12.5. The maximum atomic E-state index is 14.0. The number of para-hydroxylation sites is 1. The summed E-state index contributed by atoms with van der Waals surface area (Å²) in [5.74, 6) is -1.66. The lowest BCUT2D eigenvalue weighted by atomic mass is 9.44. The van der Waals surface area contributed by atoms with Gasteiger partial charge in [-0.25, -0.2) is 4.79 Å². The van der Waals surface area contributed by atoms with Gasteiger partial charge in [0, 0.05) is 69.9 Å². The number of anilines is 1. The molecule has 1 aromatic rings. The number of benzene rings is 1. The van der Waals surface area contributed by atoms with Crippen molar-refractivity contribution >= 4 is 17.6 Å². The highest BCUT2D eigenvalue weighted by atomic mass is 16.6. The summed E-state index contributed by atoms with van der Waals surface area (Å²) in [7, 11) is 5.06. The smallest absolute Gasteiger partial charge is 0.340 e. The summed E-state index contributed by atoms with van der Waals surface area (Å²) < 4.78 is 25.1. The summed E-state index contributed by atoms with van der Waals surface area (Å²) >= 11 is 0. The molecule has 5 saturated carbocycles. The molecule has 1 saturated heterocycles. The molecule has 1 amide bonds. The van der Waals surface area contributed by atoms with Crippen molar-refractivity contribution in [2.24, 2.45) is 35.0 Å². The standard InChI is InChI=1S/C32H44N2O8/c1-6-34-15-30(42-29(37)17-9-7-8-10-20(17)33-16(2)35)12-11-23(39-3)31-21(30)13-18(27(31)34)24-25(36)26(40-4)19-14-22(31)32(24,38)28(19)41-5/h7-10,18-19,21-28,36,38H,6,11-15H2,1-5H3,(H,33,35)/t18-,19-,21-,22+,23+,24?,25?,26-,27?,28+,30-,31+,32-/m1/s1. The first kappa shape index (κ1) is 28.7. The van der Waals surface area contributed by atoms with Crippen LogP contribution in [-0.4, -0.2) is 103 Å². The second-order valence-electron chi connectivity index (χ2n) is 13.6. The van der Waals surface area contributed by atoms with Gasteiger partial charge in [0.1, 0.15) is 11.2 Å². The third-order valence-corrected chi connectivity index (χ3v) is 12.5. The molecule has 10 heteroatoms. The Bertz CT molecular complexity index is 1280. The monoisotopic (exact) mass is 584 g/mol. The Morgan fingerprint density at radius 2 is 1.81 bits per heavy atom. The third kappa shape index (κ3) is 3.31. The number of amides is 1. The zero-order valence-electron chi connectivity index (χ0n) is 25.1. The number of fused-ring (bicyclic) bond motifs is 2. The van der Waals surface area contributed by atoms with Gasteiger partial charge in [0.25, 0.3) is 0 Å². The van der Waals surface area contributed by atoms with E-state index < -0.39 is 46.8 Å². The number of carbonyl (C=O) groups is 2. The van der Waals surface area contributed by atoms with E-state index in [4.69, 9.17) is 18.9 Å².